The minimum absolute atomic E-state index is 0.722. The van der Waals surface area contributed by atoms with Crippen LogP contribution >= 0.6 is 0 Å². The van der Waals surface area contributed by atoms with Crippen LogP contribution in [0.5, 0.6) is 0 Å². The standard InChI is InChI=1S/C23H29N3O/c1-5-24-22-13-16(2)12-17(3)23(22)18(4)26-21-8-6-20(7-9-21)25-11-10-19-14-27-15-19/h5-9,12-13,19,25-26H,4,10-11,14-15H2,1-3H3. The third-order valence-electron chi connectivity index (χ3n) is 4.80. The van der Waals surface area contributed by atoms with Gasteiger partial charge in [0.15, 0.2) is 0 Å². The van der Waals surface area contributed by atoms with Crippen LogP contribution in [0.3, 0.4) is 0 Å². The van der Waals surface area contributed by atoms with E-state index in [-0.39, 0.29) is 0 Å². The molecule has 0 saturated carbocycles. The molecule has 0 atom stereocenters. The quantitative estimate of drug-likeness (QED) is 0.604. The molecule has 2 N–H and O–H groups in total. The van der Waals surface area contributed by atoms with Crippen molar-refractivity contribution in [2.24, 2.45) is 10.9 Å². The number of aryl methyl sites for hydroxylation is 2. The molecule has 0 aliphatic carbocycles. The van der Waals surface area contributed by atoms with Crippen LogP contribution in [0.1, 0.15) is 30.0 Å². The molecule has 0 bridgehead atoms. The fourth-order valence-corrected chi connectivity index (χ4v) is 3.36. The van der Waals surface area contributed by atoms with Gasteiger partial charge in [-0.05, 0) is 68.7 Å². The number of ether oxygens (including phenoxy) is 1. The van der Waals surface area contributed by atoms with Gasteiger partial charge in [0.25, 0.3) is 0 Å². The van der Waals surface area contributed by atoms with Gasteiger partial charge in [0.1, 0.15) is 0 Å². The summed E-state index contributed by atoms with van der Waals surface area (Å²) in [5.74, 6) is 0.722. The van der Waals surface area contributed by atoms with E-state index in [0.29, 0.717) is 0 Å². The molecule has 142 valence electrons. The number of hydrogen-bond donors (Lipinski definition) is 2. The van der Waals surface area contributed by atoms with E-state index in [0.717, 1.165) is 60.4 Å². The van der Waals surface area contributed by atoms with Crippen molar-refractivity contribution in [3.05, 3.63) is 59.7 Å². The Morgan fingerprint density at radius 2 is 1.89 bits per heavy atom. The van der Waals surface area contributed by atoms with Crippen LogP contribution in [0, 0.1) is 19.8 Å². The highest BCUT2D eigenvalue weighted by molar-refractivity contribution is 5.84. The molecule has 3 rings (SSSR count). The monoisotopic (exact) mass is 363 g/mol. The Morgan fingerprint density at radius 3 is 2.52 bits per heavy atom. The van der Waals surface area contributed by atoms with Crippen LogP contribution in [-0.4, -0.2) is 26.0 Å². The molecule has 0 aromatic heterocycles. The summed E-state index contributed by atoms with van der Waals surface area (Å²) in [6.07, 6.45) is 2.98. The fourth-order valence-electron chi connectivity index (χ4n) is 3.36. The van der Waals surface area contributed by atoms with Gasteiger partial charge < -0.3 is 15.4 Å². The van der Waals surface area contributed by atoms with Crippen LogP contribution in [0.25, 0.3) is 5.70 Å². The lowest BCUT2D eigenvalue weighted by molar-refractivity contribution is -0.0337. The molecule has 1 saturated heterocycles. The molecule has 0 unspecified atom stereocenters. The average Bonchev–Trinajstić information content (AvgIpc) is 2.58. The number of rotatable bonds is 8. The summed E-state index contributed by atoms with van der Waals surface area (Å²) in [5.41, 5.74) is 7.40. The van der Waals surface area contributed by atoms with Crippen LogP contribution in [0.15, 0.2) is 48.0 Å². The first-order valence-electron chi connectivity index (χ1n) is 9.54. The smallest absolute Gasteiger partial charge is 0.0723 e. The van der Waals surface area contributed by atoms with Crippen LogP contribution < -0.4 is 10.6 Å². The Balaban J connectivity index is 1.64. The third-order valence-corrected chi connectivity index (χ3v) is 4.80. The number of nitrogens with one attached hydrogen (secondary N) is 2. The molecular formula is C23H29N3O. The summed E-state index contributed by atoms with van der Waals surface area (Å²) in [6, 6.07) is 12.6. The second-order valence-electron chi connectivity index (χ2n) is 7.16. The number of nitrogens with zero attached hydrogens (tertiary/aromatic N) is 1. The van der Waals surface area contributed by atoms with Crippen molar-refractivity contribution in [1.82, 2.24) is 0 Å². The van der Waals surface area contributed by atoms with Crippen LogP contribution in [0.2, 0.25) is 0 Å². The van der Waals surface area contributed by atoms with Gasteiger partial charge in [0, 0.05) is 41.3 Å². The molecule has 1 aliphatic rings. The van der Waals surface area contributed by atoms with Gasteiger partial charge in [0.2, 0.25) is 0 Å². The molecular weight excluding hydrogens is 334 g/mol. The highest BCUT2D eigenvalue weighted by atomic mass is 16.5. The third kappa shape index (κ3) is 4.98. The van der Waals surface area contributed by atoms with Crippen molar-refractivity contribution in [2.75, 3.05) is 30.4 Å². The Morgan fingerprint density at radius 1 is 1.19 bits per heavy atom. The van der Waals surface area contributed by atoms with Crippen molar-refractivity contribution < 1.29 is 4.74 Å². The average molecular weight is 364 g/mol. The molecule has 4 heteroatoms. The highest BCUT2D eigenvalue weighted by Crippen LogP contribution is 2.31. The summed E-state index contributed by atoms with van der Waals surface area (Å²) in [5, 5.41) is 6.90. The summed E-state index contributed by atoms with van der Waals surface area (Å²) in [6.45, 7) is 13.2. The predicted molar refractivity (Wildman–Crippen MR) is 116 cm³/mol. The van der Waals surface area contributed by atoms with Crippen molar-refractivity contribution in [2.45, 2.75) is 27.2 Å². The Kier molecular flexibility index (Phi) is 6.30. The summed E-state index contributed by atoms with van der Waals surface area (Å²) < 4.78 is 5.21. The lowest BCUT2D eigenvalue weighted by Gasteiger charge is -2.25. The van der Waals surface area contributed by atoms with Gasteiger partial charge in [-0.1, -0.05) is 12.6 Å². The topological polar surface area (TPSA) is 45.6 Å². The van der Waals surface area contributed by atoms with E-state index in [9.17, 15) is 0 Å². The van der Waals surface area contributed by atoms with E-state index in [2.05, 4.69) is 72.5 Å². The second kappa shape index (κ2) is 8.87. The van der Waals surface area contributed by atoms with Gasteiger partial charge in [0.05, 0.1) is 18.9 Å². The first kappa shape index (κ1) is 19.2. The molecule has 2 aromatic carbocycles. The molecule has 1 fully saturated rings. The largest absolute Gasteiger partial charge is 0.385 e. The SMILES string of the molecule is C=C(Nc1ccc(NCCC2COC2)cc1)c1c(C)cc(C)cc1N=CC. The number of anilines is 2. The number of hydrogen-bond acceptors (Lipinski definition) is 4. The Bertz CT molecular complexity index is 820. The molecule has 2 aromatic rings. The molecule has 1 heterocycles. The number of aliphatic imine (C=N–C) groups is 1. The van der Waals surface area contributed by atoms with E-state index in [1.165, 1.54) is 11.1 Å². The van der Waals surface area contributed by atoms with Crippen molar-refractivity contribution in [3.8, 4) is 0 Å². The summed E-state index contributed by atoms with van der Waals surface area (Å²) in [7, 11) is 0. The zero-order chi connectivity index (χ0) is 19.2. The lowest BCUT2D eigenvalue weighted by Crippen LogP contribution is -2.29. The van der Waals surface area contributed by atoms with E-state index >= 15 is 0 Å². The summed E-state index contributed by atoms with van der Waals surface area (Å²) in [4.78, 5) is 4.52. The van der Waals surface area contributed by atoms with Gasteiger partial charge in [-0.2, -0.15) is 0 Å². The highest BCUT2D eigenvalue weighted by Gasteiger charge is 2.17. The van der Waals surface area contributed by atoms with Gasteiger partial charge >= 0.3 is 0 Å². The summed E-state index contributed by atoms with van der Waals surface area (Å²) >= 11 is 0. The molecule has 0 spiro atoms. The Labute approximate surface area is 162 Å². The van der Waals surface area contributed by atoms with Crippen molar-refractivity contribution >= 4 is 29.0 Å². The first-order valence-corrected chi connectivity index (χ1v) is 9.54. The first-order chi connectivity index (χ1) is 13.1. The van der Waals surface area contributed by atoms with Crippen molar-refractivity contribution in [1.29, 1.82) is 0 Å². The molecule has 1 aliphatic heterocycles. The van der Waals surface area contributed by atoms with E-state index in [1.54, 1.807) is 0 Å². The zero-order valence-corrected chi connectivity index (χ0v) is 16.5. The van der Waals surface area contributed by atoms with E-state index in [4.69, 9.17) is 4.74 Å². The molecule has 4 nitrogen and oxygen atoms in total. The van der Waals surface area contributed by atoms with Gasteiger partial charge in [-0.15, -0.1) is 0 Å². The minimum atomic E-state index is 0.722. The van der Waals surface area contributed by atoms with Gasteiger partial charge in [-0.3, -0.25) is 4.99 Å². The minimum Gasteiger partial charge on any atom is -0.385 e. The fraction of sp³-hybridized carbons (Fsp3) is 0.348. The van der Waals surface area contributed by atoms with E-state index in [1.807, 2.05) is 13.1 Å². The van der Waals surface area contributed by atoms with Crippen molar-refractivity contribution in [3.63, 3.8) is 0 Å². The molecule has 27 heavy (non-hydrogen) atoms. The van der Waals surface area contributed by atoms with Crippen LogP contribution in [0.4, 0.5) is 17.1 Å². The van der Waals surface area contributed by atoms with Gasteiger partial charge in [-0.25, -0.2) is 0 Å². The number of benzene rings is 2. The normalized spacial score (nSPS) is 14.2. The maximum absolute atomic E-state index is 5.21. The molecule has 0 amide bonds. The zero-order valence-electron chi connectivity index (χ0n) is 16.5. The second-order valence-corrected chi connectivity index (χ2v) is 7.16. The lowest BCUT2D eigenvalue weighted by atomic mass is 10.0. The van der Waals surface area contributed by atoms with E-state index < -0.39 is 0 Å². The maximum atomic E-state index is 5.21. The van der Waals surface area contributed by atoms with Crippen LogP contribution in [-0.2, 0) is 4.74 Å². The Hall–Kier alpha value is -2.59. The predicted octanol–water partition coefficient (Wildman–Crippen LogP) is 5.56. The molecule has 0 radical (unpaired) electrons. The maximum Gasteiger partial charge on any atom is 0.0723 e.